The molecule has 3 nitrogen and oxygen atoms in total. The van der Waals surface area contributed by atoms with Gasteiger partial charge in [-0.05, 0) is 26.0 Å². The molecule has 3 heteroatoms. The maximum atomic E-state index is 10.2. The van der Waals surface area contributed by atoms with Crippen LogP contribution in [0.5, 0.6) is 5.75 Å². The summed E-state index contributed by atoms with van der Waals surface area (Å²) in [6, 6.07) is 21.8. The van der Waals surface area contributed by atoms with Gasteiger partial charge in [0.05, 0.1) is 16.9 Å². The second-order valence-corrected chi connectivity index (χ2v) is 6.30. The van der Waals surface area contributed by atoms with Crippen LogP contribution < -0.4 is 0 Å². The summed E-state index contributed by atoms with van der Waals surface area (Å²) in [6.07, 6.45) is 0. The van der Waals surface area contributed by atoms with E-state index >= 15 is 0 Å². The molecule has 3 aromatic carbocycles. The fourth-order valence-corrected chi connectivity index (χ4v) is 2.89. The van der Waals surface area contributed by atoms with Gasteiger partial charge in [-0.3, -0.25) is 0 Å². The highest BCUT2D eigenvalue weighted by Gasteiger charge is 2.14. The van der Waals surface area contributed by atoms with E-state index in [2.05, 4.69) is 50.2 Å². The average Bonchev–Trinajstić information content (AvgIpc) is 2.63. The van der Waals surface area contributed by atoms with Gasteiger partial charge >= 0.3 is 0 Å². The van der Waals surface area contributed by atoms with Crippen LogP contribution in [-0.2, 0) is 0 Å². The van der Waals surface area contributed by atoms with E-state index in [1.54, 1.807) is 12.1 Å². The molecule has 0 amide bonds. The van der Waals surface area contributed by atoms with Gasteiger partial charge in [-0.2, -0.15) is 0 Å². The summed E-state index contributed by atoms with van der Waals surface area (Å²) < 4.78 is 0. The molecule has 0 fully saturated rings. The van der Waals surface area contributed by atoms with Crippen LogP contribution in [0.3, 0.4) is 0 Å². The van der Waals surface area contributed by atoms with E-state index in [1.807, 2.05) is 18.2 Å². The number of hydrogen-bond acceptors (Lipinski definition) is 3. The van der Waals surface area contributed by atoms with Gasteiger partial charge in [0.1, 0.15) is 11.3 Å². The number of aromatic nitrogens is 2. The van der Waals surface area contributed by atoms with Crippen molar-refractivity contribution >= 4 is 11.0 Å². The van der Waals surface area contributed by atoms with Gasteiger partial charge in [-0.25, -0.2) is 9.97 Å². The highest BCUT2D eigenvalue weighted by atomic mass is 16.3. The van der Waals surface area contributed by atoms with Crippen LogP contribution in [0, 0.1) is 13.8 Å². The Hall–Kier alpha value is -3.20. The first kappa shape index (κ1) is 15.3. The van der Waals surface area contributed by atoms with Crippen molar-refractivity contribution in [2.75, 3.05) is 0 Å². The molecule has 0 aliphatic rings. The zero-order valence-corrected chi connectivity index (χ0v) is 14.2. The van der Waals surface area contributed by atoms with Gasteiger partial charge in [0.25, 0.3) is 0 Å². The van der Waals surface area contributed by atoms with E-state index in [4.69, 9.17) is 9.97 Å². The third-order valence-corrected chi connectivity index (χ3v) is 4.32. The highest BCUT2D eigenvalue weighted by molar-refractivity contribution is 5.89. The number of fused-ring (bicyclic) bond motifs is 1. The molecule has 0 bridgehead atoms. The molecule has 0 unspecified atom stereocenters. The lowest BCUT2D eigenvalue weighted by Gasteiger charge is -2.11. The quantitative estimate of drug-likeness (QED) is 0.544. The summed E-state index contributed by atoms with van der Waals surface area (Å²) in [6.45, 7) is 4.12. The molecule has 0 spiro atoms. The standard InChI is InChI=1S/C22H18N2O/c1-14-6-10-16(11-7-14)20-21(17-12-8-15(2)9-13-17)24-22-18(23-20)4-3-5-19(22)25/h3-13,25H,1-2H3. The molecule has 0 radical (unpaired) electrons. The van der Waals surface area contributed by atoms with Crippen molar-refractivity contribution in [2.45, 2.75) is 13.8 Å². The summed E-state index contributed by atoms with van der Waals surface area (Å²) in [7, 11) is 0. The van der Waals surface area contributed by atoms with E-state index in [-0.39, 0.29) is 5.75 Å². The van der Waals surface area contributed by atoms with E-state index in [0.29, 0.717) is 11.0 Å². The molecule has 0 saturated heterocycles. The molecule has 122 valence electrons. The molecule has 4 rings (SSSR count). The lowest BCUT2D eigenvalue weighted by molar-refractivity contribution is 0.480. The van der Waals surface area contributed by atoms with Crippen LogP contribution in [0.25, 0.3) is 33.5 Å². The normalized spacial score (nSPS) is 11.0. The number of phenolic OH excluding ortho intramolecular Hbond substituents is 1. The van der Waals surface area contributed by atoms with Gasteiger partial charge in [0.2, 0.25) is 0 Å². The van der Waals surface area contributed by atoms with Crippen molar-refractivity contribution in [3.05, 3.63) is 77.9 Å². The maximum Gasteiger partial charge on any atom is 0.143 e. The van der Waals surface area contributed by atoms with Crippen molar-refractivity contribution < 1.29 is 5.11 Å². The molecule has 0 aliphatic carbocycles. The van der Waals surface area contributed by atoms with Crippen LogP contribution in [0.4, 0.5) is 0 Å². The monoisotopic (exact) mass is 326 g/mol. The number of aryl methyl sites for hydroxylation is 2. The van der Waals surface area contributed by atoms with Gasteiger partial charge in [0, 0.05) is 11.1 Å². The first-order valence-electron chi connectivity index (χ1n) is 8.25. The predicted octanol–water partition coefficient (Wildman–Crippen LogP) is 5.29. The Labute approximate surface area is 146 Å². The summed E-state index contributed by atoms with van der Waals surface area (Å²) in [5, 5.41) is 10.2. The van der Waals surface area contributed by atoms with Gasteiger partial charge < -0.3 is 5.11 Å². The van der Waals surface area contributed by atoms with Gasteiger partial charge in [0.15, 0.2) is 0 Å². The molecule has 1 aromatic heterocycles. The smallest absolute Gasteiger partial charge is 0.143 e. The van der Waals surface area contributed by atoms with Crippen molar-refractivity contribution in [3.63, 3.8) is 0 Å². The second kappa shape index (κ2) is 6.02. The first-order chi connectivity index (χ1) is 12.1. The molecule has 4 aromatic rings. The van der Waals surface area contributed by atoms with Crippen molar-refractivity contribution in [3.8, 4) is 28.3 Å². The molecular formula is C22H18N2O. The van der Waals surface area contributed by atoms with Crippen molar-refractivity contribution in [1.29, 1.82) is 0 Å². The summed E-state index contributed by atoms with van der Waals surface area (Å²) >= 11 is 0. The molecule has 1 N–H and O–H groups in total. The maximum absolute atomic E-state index is 10.2. The zero-order valence-electron chi connectivity index (χ0n) is 14.2. The molecule has 1 heterocycles. The van der Waals surface area contributed by atoms with E-state index in [9.17, 15) is 5.11 Å². The number of rotatable bonds is 2. The Morgan fingerprint density at radius 1 is 0.640 bits per heavy atom. The molecule has 25 heavy (non-hydrogen) atoms. The minimum absolute atomic E-state index is 0.147. The van der Waals surface area contributed by atoms with Crippen LogP contribution in [0.2, 0.25) is 0 Å². The highest BCUT2D eigenvalue weighted by Crippen LogP contribution is 2.33. The molecule has 0 aliphatic heterocycles. The number of aromatic hydroxyl groups is 1. The van der Waals surface area contributed by atoms with E-state index in [1.165, 1.54) is 11.1 Å². The first-order valence-corrected chi connectivity index (χ1v) is 8.25. The third-order valence-electron chi connectivity index (χ3n) is 4.32. The average molecular weight is 326 g/mol. The van der Waals surface area contributed by atoms with Crippen LogP contribution >= 0.6 is 0 Å². The summed E-state index contributed by atoms with van der Waals surface area (Å²) in [4.78, 5) is 9.57. The largest absolute Gasteiger partial charge is 0.506 e. The SMILES string of the molecule is Cc1ccc(-c2nc3cccc(O)c3nc2-c2ccc(C)cc2)cc1. The lowest BCUT2D eigenvalue weighted by atomic mass is 10.0. The van der Waals surface area contributed by atoms with E-state index in [0.717, 1.165) is 22.5 Å². The van der Waals surface area contributed by atoms with Gasteiger partial charge in [-0.15, -0.1) is 0 Å². The Morgan fingerprint density at radius 3 is 1.72 bits per heavy atom. The number of phenols is 1. The number of nitrogens with zero attached hydrogens (tertiary/aromatic N) is 2. The summed E-state index contributed by atoms with van der Waals surface area (Å²) in [5.41, 5.74) is 7.20. The number of benzene rings is 3. The second-order valence-electron chi connectivity index (χ2n) is 6.30. The van der Waals surface area contributed by atoms with Crippen LogP contribution in [0.1, 0.15) is 11.1 Å². The lowest BCUT2D eigenvalue weighted by Crippen LogP contribution is -1.96. The van der Waals surface area contributed by atoms with Crippen molar-refractivity contribution in [2.24, 2.45) is 0 Å². The van der Waals surface area contributed by atoms with Crippen LogP contribution in [-0.4, -0.2) is 15.1 Å². The Balaban J connectivity index is 2.03. The molecule has 0 saturated carbocycles. The fourth-order valence-electron chi connectivity index (χ4n) is 2.89. The fraction of sp³-hybridized carbons (Fsp3) is 0.0909. The number of para-hydroxylation sites is 1. The summed E-state index contributed by atoms with van der Waals surface area (Å²) in [5.74, 6) is 0.147. The minimum atomic E-state index is 0.147. The zero-order chi connectivity index (χ0) is 17.4. The number of hydrogen-bond donors (Lipinski definition) is 1. The topological polar surface area (TPSA) is 46.0 Å². The van der Waals surface area contributed by atoms with E-state index < -0.39 is 0 Å². The molecule has 0 atom stereocenters. The third kappa shape index (κ3) is 2.85. The van der Waals surface area contributed by atoms with Gasteiger partial charge in [-0.1, -0.05) is 65.7 Å². The Morgan fingerprint density at radius 2 is 1.16 bits per heavy atom. The molecular weight excluding hydrogens is 308 g/mol. The van der Waals surface area contributed by atoms with Crippen LogP contribution in [0.15, 0.2) is 66.7 Å². The Bertz CT molecular complexity index is 1050. The Kier molecular flexibility index (Phi) is 3.69. The van der Waals surface area contributed by atoms with Crippen molar-refractivity contribution in [1.82, 2.24) is 9.97 Å². The predicted molar refractivity (Wildman–Crippen MR) is 102 cm³/mol. The minimum Gasteiger partial charge on any atom is -0.506 e.